The lowest BCUT2D eigenvalue weighted by atomic mass is 9.73. The van der Waals surface area contributed by atoms with Crippen LogP contribution in [0.25, 0.3) is 0 Å². The summed E-state index contributed by atoms with van der Waals surface area (Å²) in [6.45, 7) is 3.63. The fourth-order valence-electron chi connectivity index (χ4n) is 5.07. The second-order valence-electron chi connectivity index (χ2n) is 9.26. The number of para-hydroxylation sites is 1. The van der Waals surface area contributed by atoms with Crippen molar-refractivity contribution in [1.29, 1.82) is 0 Å². The second-order valence-corrected chi connectivity index (χ2v) is 9.26. The summed E-state index contributed by atoms with van der Waals surface area (Å²) < 4.78 is 19.4. The number of hydrogen-bond acceptors (Lipinski definition) is 3. The normalized spacial score (nSPS) is 20.5. The number of hydrogen-bond donors (Lipinski definition) is 0. The zero-order valence-electron chi connectivity index (χ0n) is 18.5. The van der Waals surface area contributed by atoms with Crippen LogP contribution in [0.15, 0.2) is 48.5 Å². The van der Waals surface area contributed by atoms with Crippen LogP contribution in [0.5, 0.6) is 5.75 Å². The smallest absolute Gasteiger partial charge is 0.260 e. The molecule has 0 saturated carbocycles. The number of nitrogens with zero attached hydrogens (tertiary/aromatic N) is 2. The molecule has 0 aromatic heterocycles. The van der Waals surface area contributed by atoms with Crippen molar-refractivity contribution in [3.8, 4) is 5.75 Å². The van der Waals surface area contributed by atoms with E-state index in [9.17, 15) is 9.18 Å². The molecule has 2 aliphatic heterocycles. The Kier molecular flexibility index (Phi) is 6.91. The minimum Gasteiger partial charge on any atom is -0.483 e. The summed E-state index contributed by atoms with van der Waals surface area (Å²) in [7, 11) is 1.91. The van der Waals surface area contributed by atoms with Gasteiger partial charge >= 0.3 is 0 Å². The van der Waals surface area contributed by atoms with Crippen molar-refractivity contribution >= 4 is 5.91 Å². The Morgan fingerprint density at radius 2 is 1.84 bits per heavy atom. The van der Waals surface area contributed by atoms with Gasteiger partial charge < -0.3 is 9.64 Å². The molecule has 2 aromatic rings. The van der Waals surface area contributed by atoms with E-state index in [1.807, 2.05) is 36.2 Å². The average Bonchev–Trinajstić information content (AvgIpc) is 2.77. The van der Waals surface area contributed by atoms with Gasteiger partial charge in [-0.15, -0.1) is 0 Å². The number of ether oxygens (including phenoxy) is 1. The van der Waals surface area contributed by atoms with Crippen LogP contribution >= 0.6 is 0 Å². The molecule has 0 aliphatic carbocycles. The van der Waals surface area contributed by atoms with Crippen molar-refractivity contribution in [3.05, 3.63) is 65.5 Å². The SMILES string of the molecule is CN1CC2(CCCCc3ccccc3OCC1=O)CCN(Cc1cccc(F)c1)CC2. The Labute approximate surface area is 185 Å². The first-order chi connectivity index (χ1) is 15.0. The Balaban J connectivity index is 1.41. The average molecular weight is 425 g/mol. The van der Waals surface area contributed by atoms with Crippen LogP contribution in [-0.2, 0) is 17.8 Å². The number of aryl methyl sites for hydroxylation is 1. The maximum Gasteiger partial charge on any atom is 0.260 e. The minimum absolute atomic E-state index is 0.0388. The van der Waals surface area contributed by atoms with E-state index in [0.29, 0.717) is 0 Å². The maximum atomic E-state index is 13.5. The molecule has 2 aliphatic rings. The number of piperidine rings is 1. The summed E-state index contributed by atoms with van der Waals surface area (Å²) in [5.74, 6) is 0.705. The topological polar surface area (TPSA) is 32.8 Å². The van der Waals surface area contributed by atoms with Crippen LogP contribution in [0.4, 0.5) is 4.39 Å². The van der Waals surface area contributed by atoms with Crippen LogP contribution in [-0.4, -0.2) is 49.0 Å². The molecule has 166 valence electrons. The predicted molar refractivity (Wildman–Crippen MR) is 120 cm³/mol. The lowest BCUT2D eigenvalue weighted by Crippen LogP contribution is -2.47. The molecule has 5 heteroatoms. The fourth-order valence-corrected chi connectivity index (χ4v) is 5.07. The van der Waals surface area contributed by atoms with Crippen LogP contribution in [0.1, 0.15) is 43.2 Å². The van der Waals surface area contributed by atoms with Crippen molar-refractivity contribution in [2.75, 3.05) is 33.3 Å². The largest absolute Gasteiger partial charge is 0.483 e. The molecule has 0 N–H and O–H groups in total. The molecule has 1 amide bonds. The third-order valence-corrected chi connectivity index (χ3v) is 6.94. The summed E-state index contributed by atoms with van der Waals surface area (Å²) in [6.07, 6.45) is 6.55. The van der Waals surface area contributed by atoms with E-state index in [-0.39, 0.29) is 23.7 Å². The second kappa shape index (κ2) is 9.82. The summed E-state index contributed by atoms with van der Waals surface area (Å²) in [5, 5.41) is 0. The van der Waals surface area contributed by atoms with E-state index in [0.717, 1.165) is 76.0 Å². The molecule has 0 bridgehead atoms. The number of fused-ring (bicyclic) bond motifs is 1. The standard InChI is InChI=1S/C26H33FN2O2/c1-28-20-26(13-15-29(16-14-26)18-21-7-6-10-23(27)17-21)12-5-4-9-22-8-2-3-11-24(22)31-19-25(28)30/h2-3,6-8,10-11,17H,4-5,9,12-16,18-20H2,1H3. The molecular weight excluding hydrogens is 391 g/mol. The molecule has 1 saturated heterocycles. The van der Waals surface area contributed by atoms with Gasteiger partial charge in [0.1, 0.15) is 11.6 Å². The molecule has 2 aromatic carbocycles. The lowest BCUT2D eigenvalue weighted by Gasteiger charge is -2.44. The molecule has 2 heterocycles. The molecule has 1 fully saturated rings. The number of benzene rings is 2. The maximum absolute atomic E-state index is 13.5. The summed E-state index contributed by atoms with van der Waals surface area (Å²) in [4.78, 5) is 17.0. The molecule has 31 heavy (non-hydrogen) atoms. The molecule has 4 nitrogen and oxygen atoms in total. The van der Waals surface area contributed by atoms with Crippen molar-refractivity contribution in [3.63, 3.8) is 0 Å². The third-order valence-electron chi connectivity index (χ3n) is 6.94. The number of likely N-dealkylation sites (N-methyl/N-ethyl adjacent to an activating group) is 1. The molecule has 0 radical (unpaired) electrons. The number of halogens is 1. The highest BCUT2D eigenvalue weighted by Crippen LogP contribution is 2.38. The van der Waals surface area contributed by atoms with Crippen LogP contribution in [0.3, 0.4) is 0 Å². The number of carbonyl (C=O) groups excluding carboxylic acids is 1. The van der Waals surface area contributed by atoms with Gasteiger partial charge in [-0.3, -0.25) is 9.69 Å². The highest BCUT2D eigenvalue weighted by molar-refractivity contribution is 5.77. The fraction of sp³-hybridized carbons (Fsp3) is 0.500. The van der Waals surface area contributed by atoms with Gasteiger partial charge in [-0.1, -0.05) is 36.8 Å². The first kappa shape index (κ1) is 21.8. The number of rotatable bonds is 2. The predicted octanol–water partition coefficient (Wildman–Crippen LogP) is 4.67. The first-order valence-electron chi connectivity index (χ1n) is 11.4. The molecular formula is C26H33FN2O2. The van der Waals surface area contributed by atoms with Gasteiger partial charge in [0, 0.05) is 20.1 Å². The summed E-state index contributed by atoms with van der Waals surface area (Å²) in [6, 6.07) is 15.0. The molecule has 0 atom stereocenters. The zero-order valence-corrected chi connectivity index (χ0v) is 18.5. The van der Waals surface area contributed by atoms with Crippen molar-refractivity contribution < 1.29 is 13.9 Å². The highest BCUT2D eigenvalue weighted by Gasteiger charge is 2.36. The number of amides is 1. The van der Waals surface area contributed by atoms with Crippen molar-refractivity contribution in [2.24, 2.45) is 5.41 Å². The highest BCUT2D eigenvalue weighted by atomic mass is 19.1. The van der Waals surface area contributed by atoms with E-state index < -0.39 is 0 Å². The van der Waals surface area contributed by atoms with Gasteiger partial charge in [0.05, 0.1) is 0 Å². The lowest BCUT2D eigenvalue weighted by molar-refractivity contribution is -0.134. The van der Waals surface area contributed by atoms with Gasteiger partial charge in [-0.05, 0) is 79.9 Å². The number of carbonyl (C=O) groups is 1. The van der Waals surface area contributed by atoms with Gasteiger partial charge in [0.25, 0.3) is 5.91 Å². The third kappa shape index (κ3) is 5.65. The molecule has 4 rings (SSSR count). The summed E-state index contributed by atoms with van der Waals surface area (Å²) >= 11 is 0. The van der Waals surface area contributed by atoms with Gasteiger partial charge in [-0.2, -0.15) is 0 Å². The van der Waals surface area contributed by atoms with Crippen LogP contribution in [0, 0.1) is 11.2 Å². The van der Waals surface area contributed by atoms with E-state index in [1.54, 1.807) is 12.1 Å². The van der Waals surface area contributed by atoms with Crippen molar-refractivity contribution in [1.82, 2.24) is 9.80 Å². The Hall–Kier alpha value is -2.40. The zero-order chi connectivity index (χ0) is 21.7. The molecule has 1 spiro atoms. The molecule has 0 unspecified atom stereocenters. The van der Waals surface area contributed by atoms with E-state index in [4.69, 9.17) is 4.74 Å². The minimum atomic E-state index is -0.172. The van der Waals surface area contributed by atoms with Gasteiger partial charge in [-0.25, -0.2) is 4.39 Å². The van der Waals surface area contributed by atoms with Crippen LogP contribution in [0.2, 0.25) is 0 Å². The van der Waals surface area contributed by atoms with E-state index in [2.05, 4.69) is 11.0 Å². The number of likely N-dealkylation sites (tertiary alicyclic amines) is 1. The van der Waals surface area contributed by atoms with E-state index in [1.165, 1.54) is 11.6 Å². The van der Waals surface area contributed by atoms with E-state index >= 15 is 0 Å². The monoisotopic (exact) mass is 424 g/mol. The Bertz CT molecular complexity index is 892. The van der Waals surface area contributed by atoms with Gasteiger partial charge in [0.15, 0.2) is 6.61 Å². The van der Waals surface area contributed by atoms with Crippen LogP contribution < -0.4 is 4.74 Å². The van der Waals surface area contributed by atoms with Gasteiger partial charge in [0.2, 0.25) is 0 Å². The first-order valence-corrected chi connectivity index (χ1v) is 11.4. The summed E-state index contributed by atoms with van der Waals surface area (Å²) in [5.41, 5.74) is 2.37. The quantitative estimate of drug-likeness (QED) is 0.702. The Morgan fingerprint density at radius 1 is 1.03 bits per heavy atom. The van der Waals surface area contributed by atoms with Crippen molar-refractivity contribution in [2.45, 2.75) is 45.1 Å². The Morgan fingerprint density at radius 3 is 2.65 bits per heavy atom.